The maximum atomic E-state index is 13.5. The van der Waals surface area contributed by atoms with Gasteiger partial charge in [-0.3, -0.25) is 4.79 Å². The lowest BCUT2D eigenvalue weighted by atomic mass is 9.97. The number of benzene rings is 2. The van der Waals surface area contributed by atoms with Crippen LogP contribution in [0.2, 0.25) is 0 Å². The first-order valence-electron chi connectivity index (χ1n) is 15.4. The molecule has 2 amide bonds. The quantitative estimate of drug-likeness (QED) is 0.215. The largest absolute Gasteiger partial charge is 0.489 e. The van der Waals surface area contributed by atoms with Gasteiger partial charge in [-0.1, -0.05) is 12.1 Å². The number of carbonyl (C=O) groups is 2. The zero-order valence-corrected chi connectivity index (χ0v) is 25.3. The van der Waals surface area contributed by atoms with Gasteiger partial charge in [-0.15, -0.1) is 0 Å². The molecule has 3 aromatic heterocycles. The van der Waals surface area contributed by atoms with Crippen molar-refractivity contribution in [2.24, 2.45) is 13.0 Å². The number of hydrogen-bond acceptors (Lipinski definition) is 5. The Kier molecular flexibility index (Phi) is 7.42. The van der Waals surface area contributed by atoms with Gasteiger partial charge in [0.2, 0.25) is 0 Å². The van der Waals surface area contributed by atoms with Gasteiger partial charge < -0.3 is 33.8 Å². The molecule has 12 heteroatoms. The molecule has 2 atom stereocenters. The molecule has 0 radical (unpaired) electrons. The van der Waals surface area contributed by atoms with Crippen molar-refractivity contribution in [2.75, 3.05) is 26.4 Å². The summed E-state index contributed by atoms with van der Waals surface area (Å²) in [5.41, 5.74) is 5.08. The molecule has 2 aromatic carbocycles. The number of rotatable bonds is 11. The Bertz CT molecular complexity index is 1890. The number of halogens is 1. The summed E-state index contributed by atoms with van der Waals surface area (Å²) in [6, 6.07) is 11.3. The number of ether oxygens (including phenoxy) is 1. The fourth-order valence-electron chi connectivity index (χ4n) is 6.36. The molecule has 11 nitrogen and oxygen atoms in total. The van der Waals surface area contributed by atoms with E-state index in [1.807, 2.05) is 42.1 Å². The number of carbonyl (C=O) groups excluding carboxylic acids is 1. The van der Waals surface area contributed by atoms with Gasteiger partial charge in [0.15, 0.2) is 5.82 Å². The van der Waals surface area contributed by atoms with Crippen molar-refractivity contribution < 1.29 is 23.8 Å². The third-order valence-electron chi connectivity index (χ3n) is 8.99. The second kappa shape index (κ2) is 11.6. The van der Waals surface area contributed by atoms with Gasteiger partial charge in [0.05, 0.1) is 40.7 Å². The van der Waals surface area contributed by atoms with Crippen LogP contribution in [0.4, 0.5) is 9.18 Å². The number of hydrogen-bond donors (Lipinski definition) is 2. The highest BCUT2D eigenvalue weighted by atomic mass is 19.1. The number of amides is 2. The maximum absolute atomic E-state index is 13.5. The highest BCUT2D eigenvalue weighted by molar-refractivity contribution is 6.01. The second-order valence-electron chi connectivity index (χ2n) is 12.2. The molecule has 2 N–H and O–H groups in total. The third-order valence-corrected chi connectivity index (χ3v) is 8.99. The molecular weight excluding hydrogens is 577 g/mol. The zero-order chi connectivity index (χ0) is 31.2. The minimum absolute atomic E-state index is 0.0284. The number of aryl methyl sites for hydroxylation is 1. The number of nitrogens with one attached hydrogen (secondary N) is 1. The molecule has 1 saturated carbocycles. The lowest BCUT2D eigenvalue weighted by Gasteiger charge is -2.31. The van der Waals surface area contributed by atoms with Crippen LogP contribution in [0.15, 0.2) is 55.1 Å². The van der Waals surface area contributed by atoms with Crippen molar-refractivity contribution in [3.63, 3.8) is 0 Å². The number of nitrogens with zero attached hydrogens (tertiary/aromatic N) is 6. The monoisotopic (exact) mass is 613 g/mol. The maximum Gasteiger partial charge on any atom is 0.405 e. The molecule has 1 aliphatic carbocycles. The standard InChI is InChI=1S/C33H36FN7O4/c1-20(40-11-9-35-19-40)18-45-29-5-3-4-23-13-28(41(30(23)29)16-21-6-7-21)31-37-26-14-25-22(12-27(26)38(31)2)8-10-39(32(25)42)17-24(15-34)36-33(43)44/h3-5,9,11-14,19-21,24,36H,6-8,10,15-18H2,1-2H3,(H,43,44)/t20-,24+/m0/s1. The number of carboxylic acid groups (broad SMARTS) is 1. The lowest BCUT2D eigenvalue weighted by molar-refractivity contribution is 0.0714. The van der Waals surface area contributed by atoms with Crippen molar-refractivity contribution in [2.45, 2.75) is 44.8 Å². The first kappa shape index (κ1) is 28.9. The molecule has 0 unspecified atom stereocenters. The van der Waals surface area contributed by atoms with E-state index in [2.05, 4.69) is 38.5 Å². The van der Waals surface area contributed by atoms with Crippen LogP contribution in [0.1, 0.15) is 41.7 Å². The molecule has 234 valence electrons. The minimum Gasteiger partial charge on any atom is -0.489 e. The normalized spacial score (nSPS) is 16.2. The summed E-state index contributed by atoms with van der Waals surface area (Å²) in [7, 11) is 2.00. The average Bonchev–Trinajstić information content (AvgIpc) is 3.39. The number of imidazole rings is 2. The highest BCUT2D eigenvalue weighted by Gasteiger charge is 2.30. The average molecular weight is 614 g/mol. The molecule has 7 rings (SSSR count). The Hall–Kier alpha value is -4.87. The molecule has 0 saturated heterocycles. The van der Waals surface area contributed by atoms with Crippen molar-refractivity contribution in [3.05, 3.63) is 66.2 Å². The Labute approximate surface area is 259 Å². The summed E-state index contributed by atoms with van der Waals surface area (Å²) in [5, 5.41) is 12.3. The fourth-order valence-corrected chi connectivity index (χ4v) is 6.36. The topological polar surface area (TPSA) is 119 Å². The van der Waals surface area contributed by atoms with Gasteiger partial charge in [0, 0.05) is 50.0 Å². The molecule has 45 heavy (non-hydrogen) atoms. The van der Waals surface area contributed by atoms with Gasteiger partial charge in [-0.25, -0.2) is 19.2 Å². The Morgan fingerprint density at radius 1 is 1.24 bits per heavy atom. The second-order valence-corrected chi connectivity index (χ2v) is 12.2. The smallest absolute Gasteiger partial charge is 0.405 e. The van der Waals surface area contributed by atoms with E-state index >= 15 is 0 Å². The summed E-state index contributed by atoms with van der Waals surface area (Å²) >= 11 is 0. The van der Waals surface area contributed by atoms with Crippen LogP contribution in [0.5, 0.6) is 5.75 Å². The van der Waals surface area contributed by atoms with E-state index < -0.39 is 18.8 Å². The van der Waals surface area contributed by atoms with E-state index in [4.69, 9.17) is 14.8 Å². The molecule has 5 aromatic rings. The predicted molar refractivity (Wildman–Crippen MR) is 167 cm³/mol. The van der Waals surface area contributed by atoms with Crippen molar-refractivity contribution in [1.29, 1.82) is 0 Å². The van der Waals surface area contributed by atoms with E-state index in [0.717, 1.165) is 45.8 Å². The van der Waals surface area contributed by atoms with Gasteiger partial charge in [0.25, 0.3) is 5.91 Å². The van der Waals surface area contributed by atoms with Crippen LogP contribution in [0.3, 0.4) is 0 Å². The number of fused-ring (bicyclic) bond motifs is 3. The molecule has 1 aliphatic heterocycles. The van der Waals surface area contributed by atoms with Crippen molar-refractivity contribution in [3.8, 4) is 17.3 Å². The van der Waals surface area contributed by atoms with E-state index in [0.29, 0.717) is 36.6 Å². The first-order chi connectivity index (χ1) is 21.8. The number of aromatic nitrogens is 5. The Morgan fingerprint density at radius 3 is 2.82 bits per heavy atom. The Morgan fingerprint density at radius 2 is 2.09 bits per heavy atom. The van der Waals surface area contributed by atoms with Gasteiger partial charge in [0.1, 0.15) is 19.0 Å². The molecule has 1 fully saturated rings. The number of alkyl halides is 1. The summed E-state index contributed by atoms with van der Waals surface area (Å²) in [6.07, 6.45) is 7.17. The van der Waals surface area contributed by atoms with Crippen molar-refractivity contribution >= 4 is 33.9 Å². The van der Waals surface area contributed by atoms with Crippen LogP contribution >= 0.6 is 0 Å². The zero-order valence-electron chi connectivity index (χ0n) is 25.3. The summed E-state index contributed by atoms with van der Waals surface area (Å²) in [6.45, 7) is 2.93. The van der Waals surface area contributed by atoms with E-state index in [1.165, 1.54) is 17.7 Å². The van der Waals surface area contributed by atoms with E-state index in [-0.39, 0.29) is 18.5 Å². The SMILES string of the molecule is C[C@@H](COc1cccc2cc(-c3nc4cc5c(cc4n3C)CCN(C[C@@H](CF)NC(=O)O)C5=O)n(CC3CC3)c12)n1ccnc1. The first-order valence-corrected chi connectivity index (χ1v) is 15.4. The van der Waals surface area contributed by atoms with Crippen LogP contribution < -0.4 is 10.1 Å². The molecular formula is C33H36FN7O4. The van der Waals surface area contributed by atoms with Crippen molar-refractivity contribution in [1.82, 2.24) is 33.9 Å². The lowest BCUT2D eigenvalue weighted by Crippen LogP contribution is -2.48. The van der Waals surface area contributed by atoms with Crippen LogP contribution in [0, 0.1) is 5.92 Å². The summed E-state index contributed by atoms with van der Waals surface area (Å²) in [4.78, 5) is 35.2. The van der Waals surface area contributed by atoms with E-state index in [1.54, 1.807) is 12.5 Å². The predicted octanol–water partition coefficient (Wildman–Crippen LogP) is 5.05. The third kappa shape index (κ3) is 5.49. The van der Waals surface area contributed by atoms with Crippen LogP contribution in [-0.4, -0.2) is 78.1 Å². The molecule has 4 heterocycles. The highest BCUT2D eigenvalue weighted by Crippen LogP contribution is 2.39. The van der Waals surface area contributed by atoms with Crippen LogP contribution in [-0.2, 0) is 20.0 Å². The van der Waals surface area contributed by atoms with E-state index in [9.17, 15) is 14.0 Å². The van der Waals surface area contributed by atoms with Gasteiger partial charge in [-0.05, 0) is 61.9 Å². The number of para-hydroxylation sites is 1. The minimum atomic E-state index is -1.31. The molecule has 0 bridgehead atoms. The van der Waals surface area contributed by atoms with Gasteiger partial charge >= 0.3 is 6.09 Å². The molecule has 2 aliphatic rings. The van der Waals surface area contributed by atoms with Crippen LogP contribution in [0.25, 0.3) is 33.5 Å². The molecule has 0 spiro atoms. The summed E-state index contributed by atoms with van der Waals surface area (Å²) in [5.74, 6) is 1.99. The van der Waals surface area contributed by atoms with Gasteiger partial charge in [-0.2, -0.15) is 0 Å². The fraction of sp³-hybridized carbons (Fsp3) is 0.394. The Balaban J connectivity index is 1.24. The summed E-state index contributed by atoms with van der Waals surface area (Å²) < 4.78 is 26.4.